The van der Waals surface area contributed by atoms with Gasteiger partial charge in [-0.1, -0.05) is 30.3 Å². The standard InChI is InChI=1S/C16H14F2N2O/c17-15-12(9-19)6-7-14(16(15)18)20-13(10-21)8-11-4-2-1-3-5-11/h1-7,13,20-21H,8,10H2. The van der Waals surface area contributed by atoms with E-state index in [0.29, 0.717) is 6.42 Å². The number of benzene rings is 2. The Hall–Kier alpha value is -2.45. The molecular weight excluding hydrogens is 274 g/mol. The third kappa shape index (κ3) is 3.56. The van der Waals surface area contributed by atoms with Crippen LogP contribution in [-0.4, -0.2) is 17.8 Å². The van der Waals surface area contributed by atoms with Crippen LogP contribution >= 0.6 is 0 Å². The van der Waals surface area contributed by atoms with Crippen molar-refractivity contribution < 1.29 is 13.9 Å². The van der Waals surface area contributed by atoms with Crippen LogP contribution < -0.4 is 5.32 Å². The molecule has 2 N–H and O–H groups in total. The minimum absolute atomic E-state index is 0.0681. The molecule has 0 aliphatic heterocycles. The smallest absolute Gasteiger partial charge is 0.183 e. The number of hydrogen-bond acceptors (Lipinski definition) is 3. The Morgan fingerprint density at radius 1 is 1.10 bits per heavy atom. The topological polar surface area (TPSA) is 56.0 Å². The number of aliphatic hydroxyl groups excluding tert-OH is 1. The highest BCUT2D eigenvalue weighted by Gasteiger charge is 2.16. The number of halogens is 2. The lowest BCUT2D eigenvalue weighted by Crippen LogP contribution is -2.27. The van der Waals surface area contributed by atoms with Crippen molar-refractivity contribution in [1.82, 2.24) is 0 Å². The normalized spacial score (nSPS) is 11.7. The highest BCUT2D eigenvalue weighted by Crippen LogP contribution is 2.21. The molecule has 2 rings (SSSR count). The molecule has 0 aliphatic carbocycles. The first-order valence-electron chi connectivity index (χ1n) is 6.45. The average molecular weight is 288 g/mol. The van der Waals surface area contributed by atoms with Gasteiger partial charge in [-0.3, -0.25) is 0 Å². The maximum atomic E-state index is 13.8. The lowest BCUT2D eigenvalue weighted by molar-refractivity contribution is 0.273. The molecule has 1 unspecified atom stereocenters. The van der Waals surface area contributed by atoms with Gasteiger partial charge in [0.2, 0.25) is 0 Å². The molecule has 0 spiro atoms. The SMILES string of the molecule is N#Cc1ccc(NC(CO)Cc2ccccc2)c(F)c1F. The highest BCUT2D eigenvalue weighted by atomic mass is 19.2. The summed E-state index contributed by atoms with van der Waals surface area (Å²) in [4.78, 5) is 0. The Morgan fingerprint density at radius 3 is 2.43 bits per heavy atom. The van der Waals surface area contributed by atoms with Gasteiger partial charge in [-0.25, -0.2) is 8.78 Å². The molecule has 0 amide bonds. The fourth-order valence-corrected chi connectivity index (χ4v) is 2.03. The molecule has 0 aromatic heterocycles. The summed E-state index contributed by atoms with van der Waals surface area (Å²) in [5, 5.41) is 20.8. The van der Waals surface area contributed by atoms with E-state index >= 15 is 0 Å². The van der Waals surface area contributed by atoms with Crippen molar-refractivity contribution in [2.45, 2.75) is 12.5 Å². The molecule has 1 atom stereocenters. The molecule has 21 heavy (non-hydrogen) atoms. The molecule has 108 valence electrons. The first-order valence-corrected chi connectivity index (χ1v) is 6.45. The molecule has 0 aliphatic rings. The van der Waals surface area contributed by atoms with E-state index in [-0.39, 0.29) is 17.9 Å². The molecule has 0 saturated heterocycles. The maximum Gasteiger partial charge on any atom is 0.183 e. The second-order valence-corrected chi connectivity index (χ2v) is 4.61. The lowest BCUT2D eigenvalue weighted by Gasteiger charge is -2.18. The van der Waals surface area contributed by atoms with Crippen LogP contribution in [0.25, 0.3) is 0 Å². The van der Waals surface area contributed by atoms with Crippen molar-refractivity contribution in [2.24, 2.45) is 0 Å². The number of nitriles is 1. The zero-order valence-corrected chi connectivity index (χ0v) is 11.2. The van der Waals surface area contributed by atoms with Gasteiger partial charge in [0.25, 0.3) is 0 Å². The van der Waals surface area contributed by atoms with Crippen molar-refractivity contribution in [1.29, 1.82) is 5.26 Å². The summed E-state index contributed by atoms with van der Waals surface area (Å²) in [5.41, 5.74) is 0.557. The van der Waals surface area contributed by atoms with Crippen LogP contribution in [0.5, 0.6) is 0 Å². The second kappa shape index (κ2) is 6.82. The lowest BCUT2D eigenvalue weighted by atomic mass is 10.1. The molecule has 0 bridgehead atoms. The summed E-state index contributed by atoms with van der Waals surface area (Å²) >= 11 is 0. The van der Waals surface area contributed by atoms with Gasteiger partial charge in [0, 0.05) is 0 Å². The van der Waals surface area contributed by atoms with E-state index in [2.05, 4.69) is 5.32 Å². The van der Waals surface area contributed by atoms with Gasteiger partial charge < -0.3 is 10.4 Å². The second-order valence-electron chi connectivity index (χ2n) is 4.61. The van der Waals surface area contributed by atoms with Gasteiger partial charge in [0.1, 0.15) is 6.07 Å². The number of aliphatic hydroxyl groups is 1. The van der Waals surface area contributed by atoms with Gasteiger partial charge >= 0.3 is 0 Å². The van der Waals surface area contributed by atoms with Gasteiger partial charge in [-0.2, -0.15) is 5.26 Å². The number of nitrogens with zero attached hydrogens (tertiary/aromatic N) is 1. The fraction of sp³-hybridized carbons (Fsp3) is 0.188. The van der Waals surface area contributed by atoms with E-state index in [4.69, 9.17) is 5.26 Å². The van der Waals surface area contributed by atoms with E-state index in [1.165, 1.54) is 12.1 Å². The van der Waals surface area contributed by atoms with Gasteiger partial charge in [-0.05, 0) is 24.1 Å². The number of anilines is 1. The van der Waals surface area contributed by atoms with E-state index in [1.54, 1.807) is 6.07 Å². The largest absolute Gasteiger partial charge is 0.394 e. The van der Waals surface area contributed by atoms with E-state index in [9.17, 15) is 13.9 Å². The first-order chi connectivity index (χ1) is 10.2. The minimum atomic E-state index is -1.18. The van der Waals surface area contributed by atoms with Gasteiger partial charge in [0.05, 0.1) is 23.9 Å². The van der Waals surface area contributed by atoms with Crippen LogP contribution in [0.1, 0.15) is 11.1 Å². The Labute approximate surface area is 121 Å². The summed E-state index contributed by atoms with van der Waals surface area (Å²) in [7, 11) is 0. The van der Waals surface area contributed by atoms with Crippen molar-refractivity contribution in [3.8, 4) is 6.07 Å². The Morgan fingerprint density at radius 2 is 1.81 bits per heavy atom. The molecular formula is C16H14F2N2O. The summed E-state index contributed by atoms with van der Waals surface area (Å²) < 4.78 is 27.4. The Bertz CT molecular complexity index is 653. The van der Waals surface area contributed by atoms with Crippen molar-refractivity contribution in [3.05, 3.63) is 65.2 Å². The van der Waals surface area contributed by atoms with E-state index < -0.39 is 17.7 Å². The van der Waals surface area contributed by atoms with Crippen LogP contribution in [0.2, 0.25) is 0 Å². The minimum Gasteiger partial charge on any atom is -0.394 e. The van der Waals surface area contributed by atoms with Crippen LogP contribution in [0.4, 0.5) is 14.5 Å². The maximum absolute atomic E-state index is 13.8. The van der Waals surface area contributed by atoms with Crippen LogP contribution in [0.15, 0.2) is 42.5 Å². The molecule has 2 aromatic rings. The summed E-state index contributed by atoms with van der Waals surface area (Å²) in [6, 6.07) is 13.0. The molecule has 5 heteroatoms. The number of rotatable bonds is 5. The first kappa shape index (κ1) is 14.9. The zero-order valence-electron chi connectivity index (χ0n) is 11.2. The molecule has 2 aromatic carbocycles. The zero-order chi connectivity index (χ0) is 15.2. The Balaban J connectivity index is 2.16. The van der Waals surface area contributed by atoms with Crippen molar-refractivity contribution >= 4 is 5.69 Å². The van der Waals surface area contributed by atoms with Crippen LogP contribution in [-0.2, 0) is 6.42 Å². The molecule has 3 nitrogen and oxygen atoms in total. The van der Waals surface area contributed by atoms with Crippen LogP contribution in [0, 0.1) is 23.0 Å². The van der Waals surface area contributed by atoms with Crippen LogP contribution in [0.3, 0.4) is 0 Å². The Kier molecular flexibility index (Phi) is 4.85. The van der Waals surface area contributed by atoms with Gasteiger partial charge in [-0.15, -0.1) is 0 Å². The summed E-state index contributed by atoms with van der Waals surface area (Å²) in [6.45, 7) is -0.226. The van der Waals surface area contributed by atoms with Crippen molar-refractivity contribution in [3.63, 3.8) is 0 Å². The predicted molar refractivity (Wildman–Crippen MR) is 75.7 cm³/mol. The molecule has 0 fully saturated rings. The summed E-state index contributed by atoms with van der Waals surface area (Å²) in [5.74, 6) is -2.29. The summed E-state index contributed by atoms with van der Waals surface area (Å²) in [6.07, 6.45) is 0.471. The molecule has 0 saturated carbocycles. The number of hydrogen-bond donors (Lipinski definition) is 2. The van der Waals surface area contributed by atoms with E-state index in [1.807, 2.05) is 30.3 Å². The molecule has 0 radical (unpaired) electrons. The van der Waals surface area contributed by atoms with Crippen molar-refractivity contribution in [2.75, 3.05) is 11.9 Å². The average Bonchev–Trinajstić information content (AvgIpc) is 2.52. The third-order valence-corrected chi connectivity index (χ3v) is 3.11. The number of nitrogens with one attached hydrogen (secondary N) is 1. The predicted octanol–water partition coefficient (Wildman–Crippen LogP) is 2.85. The highest BCUT2D eigenvalue weighted by molar-refractivity contribution is 5.50. The monoisotopic (exact) mass is 288 g/mol. The third-order valence-electron chi connectivity index (χ3n) is 3.11. The van der Waals surface area contributed by atoms with E-state index in [0.717, 1.165) is 5.56 Å². The van der Waals surface area contributed by atoms with Gasteiger partial charge in [0.15, 0.2) is 11.6 Å². The molecule has 0 heterocycles. The quantitative estimate of drug-likeness (QED) is 0.889. The fourth-order valence-electron chi connectivity index (χ4n) is 2.03.